The fraction of sp³-hybridized carbons (Fsp3) is 0.617. The molecule has 66 heavy (non-hydrogen) atoms. The number of unbranched alkanes of at least 4 members (excludes halogenated alkanes) is 15. The molecule has 0 rings (SSSR count). The Kier molecular flexibility index (Phi) is 50.0. The van der Waals surface area contributed by atoms with E-state index in [2.05, 4.69) is 130 Å². The minimum Gasteiger partial charge on any atom is -0.462 e. The lowest BCUT2D eigenvalue weighted by Crippen LogP contribution is -2.30. The van der Waals surface area contributed by atoms with E-state index in [0.29, 0.717) is 19.3 Å². The van der Waals surface area contributed by atoms with Gasteiger partial charge in [0, 0.05) is 19.3 Å². The molecule has 0 bridgehead atoms. The van der Waals surface area contributed by atoms with Crippen LogP contribution in [0.15, 0.2) is 122 Å². The van der Waals surface area contributed by atoms with E-state index in [1.165, 1.54) is 83.5 Å². The smallest absolute Gasteiger partial charge is 0.306 e. The Balaban J connectivity index is 4.60. The van der Waals surface area contributed by atoms with E-state index < -0.39 is 6.10 Å². The molecule has 0 saturated carbocycles. The van der Waals surface area contributed by atoms with Crippen molar-refractivity contribution in [3.05, 3.63) is 122 Å². The highest BCUT2D eigenvalue weighted by atomic mass is 16.6. The number of carbonyl (C=O) groups excluding carboxylic acids is 3. The molecular formula is C60H96O6. The second-order valence-electron chi connectivity index (χ2n) is 17.1. The fourth-order valence-corrected chi connectivity index (χ4v) is 6.75. The normalized spacial score (nSPS) is 13.1. The summed E-state index contributed by atoms with van der Waals surface area (Å²) in [6.07, 6.45) is 73.4. The highest BCUT2D eigenvalue weighted by Gasteiger charge is 2.19. The summed E-state index contributed by atoms with van der Waals surface area (Å²) in [4.78, 5) is 38.0. The predicted octanol–water partition coefficient (Wildman–Crippen LogP) is 17.7. The van der Waals surface area contributed by atoms with Crippen molar-refractivity contribution in [3.8, 4) is 0 Å². The van der Waals surface area contributed by atoms with Crippen LogP contribution >= 0.6 is 0 Å². The zero-order valence-electron chi connectivity index (χ0n) is 42.4. The number of esters is 3. The Morgan fingerprint density at radius 2 is 0.636 bits per heavy atom. The summed E-state index contributed by atoms with van der Waals surface area (Å²) in [5, 5.41) is 0. The van der Waals surface area contributed by atoms with Crippen molar-refractivity contribution < 1.29 is 28.6 Å². The molecule has 372 valence electrons. The van der Waals surface area contributed by atoms with E-state index in [-0.39, 0.29) is 44.0 Å². The van der Waals surface area contributed by atoms with Crippen LogP contribution in [-0.4, -0.2) is 37.2 Å². The molecule has 0 heterocycles. The van der Waals surface area contributed by atoms with Gasteiger partial charge in [0.2, 0.25) is 0 Å². The lowest BCUT2D eigenvalue weighted by Gasteiger charge is -2.18. The summed E-state index contributed by atoms with van der Waals surface area (Å²) < 4.78 is 16.7. The SMILES string of the molecule is CC/C=C\C/C=C\C/C=C\C/C=C\C/C=C\C/C=C\CCC(=O)OC[C@H](COC(=O)CCCCCCCCCCCCCC)OC(=O)CCC/C=C\C/C=C\C/C=C\C/C=C\CCCCC. The van der Waals surface area contributed by atoms with Crippen molar-refractivity contribution in [1.29, 1.82) is 0 Å². The summed E-state index contributed by atoms with van der Waals surface area (Å²) in [6, 6.07) is 0. The van der Waals surface area contributed by atoms with Crippen molar-refractivity contribution in [2.45, 2.75) is 226 Å². The van der Waals surface area contributed by atoms with E-state index >= 15 is 0 Å². The van der Waals surface area contributed by atoms with Crippen LogP contribution in [0.2, 0.25) is 0 Å². The fourth-order valence-electron chi connectivity index (χ4n) is 6.75. The van der Waals surface area contributed by atoms with E-state index in [9.17, 15) is 14.4 Å². The van der Waals surface area contributed by atoms with Gasteiger partial charge in [-0.05, 0) is 96.3 Å². The molecular weight excluding hydrogens is 817 g/mol. The van der Waals surface area contributed by atoms with Gasteiger partial charge in [-0.2, -0.15) is 0 Å². The van der Waals surface area contributed by atoms with Gasteiger partial charge < -0.3 is 14.2 Å². The third-order valence-corrected chi connectivity index (χ3v) is 10.7. The molecule has 0 fully saturated rings. The van der Waals surface area contributed by atoms with Gasteiger partial charge in [0.1, 0.15) is 13.2 Å². The molecule has 0 unspecified atom stereocenters. The number of carbonyl (C=O) groups is 3. The number of hydrogen-bond donors (Lipinski definition) is 0. The van der Waals surface area contributed by atoms with Gasteiger partial charge in [0.15, 0.2) is 6.10 Å². The lowest BCUT2D eigenvalue weighted by atomic mass is 10.0. The van der Waals surface area contributed by atoms with Crippen LogP contribution < -0.4 is 0 Å². The van der Waals surface area contributed by atoms with Crippen molar-refractivity contribution in [3.63, 3.8) is 0 Å². The van der Waals surface area contributed by atoms with Crippen molar-refractivity contribution in [2.24, 2.45) is 0 Å². The van der Waals surface area contributed by atoms with E-state index in [0.717, 1.165) is 83.5 Å². The van der Waals surface area contributed by atoms with Gasteiger partial charge in [-0.15, -0.1) is 0 Å². The first-order valence-electron chi connectivity index (χ1n) is 26.5. The first-order valence-corrected chi connectivity index (χ1v) is 26.5. The molecule has 0 aliphatic heterocycles. The average Bonchev–Trinajstić information content (AvgIpc) is 3.31. The molecule has 0 saturated heterocycles. The Morgan fingerprint density at radius 3 is 1.06 bits per heavy atom. The van der Waals surface area contributed by atoms with E-state index in [1.807, 2.05) is 12.2 Å². The Labute approximate surface area is 405 Å². The van der Waals surface area contributed by atoms with Gasteiger partial charge in [-0.25, -0.2) is 0 Å². The predicted molar refractivity (Wildman–Crippen MR) is 283 cm³/mol. The number of ether oxygens (including phenoxy) is 3. The zero-order valence-corrected chi connectivity index (χ0v) is 42.4. The quantitative estimate of drug-likeness (QED) is 0.0262. The standard InChI is InChI=1S/C60H96O6/c1-4-7-10-13-16-19-22-25-27-29-30-32-33-35-38-41-44-47-50-53-59(62)65-56-57(55-64-58(61)52-49-46-43-40-37-24-21-18-15-12-9-6-3)66-60(63)54-51-48-45-42-39-36-34-31-28-26-23-20-17-14-11-8-5-2/h7,10,16-17,19-20,25-28,30,32,34-36,38,42,44-45,47,57H,4-6,8-9,11-15,18,21-24,29,31,33,37,39-41,43,46,48-56H2,1-3H3/b10-7-,19-16-,20-17-,27-25-,28-26-,32-30-,36-34-,38-35-,45-42-,47-44-/t57-/m0/s1. The second-order valence-corrected chi connectivity index (χ2v) is 17.1. The Morgan fingerprint density at radius 1 is 0.318 bits per heavy atom. The van der Waals surface area contributed by atoms with Crippen LogP contribution in [-0.2, 0) is 28.6 Å². The molecule has 0 amide bonds. The van der Waals surface area contributed by atoms with Gasteiger partial charge in [-0.1, -0.05) is 226 Å². The first-order chi connectivity index (χ1) is 32.5. The van der Waals surface area contributed by atoms with Gasteiger partial charge >= 0.3 is 17.9 Å². The first kappa shape index (κ1) is 61.8. The average molecular weight is 913 g/mol. The second kappa shape index (κ2) is 53.4. The topological polar surface area (TPSA) is 78.9 Å². The number of rotatable bonds is 46. The summed E-state index contributed by atoms with van der Waals surface area (Å²) in [5.74, 6) is -1.08. The molecule has 0 aliphatic carbocycles. The third-order valence-electron chi connectivity index (χ3n) is 10.7. The minimum atomic E-state index is -0.838. The molecule has 0 aromatic carbocycles. The highest BCUT2D eigenvalue weighted by molar-refractivity contribution is 5.71. The van der Waals surface area contributed by atoms with Crippen LogP contribution in [0.4, 0.5) is 0 Å². The van der Waals surface area contributed by atoms with Crippen LogP contribution in [0.5, 0.6) is 0 Å². The number of allylic oxidation sites excluding steroid dienone is 20. The minimum absolute atomic E-state index is 0.125. The molecule has 0 spiro atoms. The van der Waals surface area contributed by atoms with Gasteiger partial charge in [0.25, 0.3) is 0 Å². The maximum atomic E-state index is 12.8. The molecule has 0 aliphatic rings. The van der Waals surface area contributed by atoms with E-state index in [4.69, 9.17) is 14.2 Å². The summed E-state index contributed by atoms with van der Waals surface area (Å²) >= 11 is 0. The Bertz CT molecular complexity index is 1420. The van der Waals surface area contributed by atoms with Crippen LogP contribution in [0.3, 0.4) is 0 Å². The molecule has 6 heteroatoms. The maximum Gasteiger partial charge on any atom is 0.306 e. The van der Waals surface area contributed by atoms with Gasteiger partial charge in [-0.3, -0.25) is 14.4 Å². The number of hydrogen-bond acceptors (Lipinski definition) is 6. The monoisotopic (exact) mass is 913 g/mol. The molecule has 0 N–H and O–H groups in total. The molecule has 0 aromatic rings. The van der Waals surface area contributed by atoms with Crippen LogP contribution in [0.25, 0.3) is 0 Å². The third kappa shape index (κ3) is 50.8. The summed E-state index contributed by atoms with van der Waals surface area (Å²) in [5.41, 5.74) is 0. The van der Waals surface area contributed by atoms with Crippen molar-refractivity contribution >= 4 is 17.9 Å². The molecule has 0 radical (unpaired) electrons. The van der Waals surface area contributed by atoms with Crippen LogP contribution in [0, 0.1) is 0 Å². The largest absolute Gasteiger partial charge is 0.462 e. The lowest BCUT2D eigenvalue weighted by molar-refractivity contribution is -0.166. The van der Waals surface area contributed by atoms with Crippen LogP contribution in [0.1, 0.15) is 220 Å². The maximum absolute atomic E-state index is 12.8. The highest BCUT2D eigenvalue weighted by Crippen LogP contribution is 2.13. The summed E-state index contributed by atoms with van der Waals surface area (Å²) in [7, 11) is 0. The van der Waals surface area contributed by atoms with E-state index in [1.54, 1.807) is 0 Å². The molecule has 0 aromatic heterocycles. The molecule has 6 nitrogen and oxygen atoms in total. The van der Waals surface area contributed by atoms with Crippen molar-refractivity contribution in [1.82, 2.24) is 0 Å². The van der Waals surface area contributed by atoms with Gasteiger partial charge in [0.05, 0.1) is 0 Å². The molecule has 1 atom stereocenters. The zero-order chi connectivity index (χ0) is 47.9. The van der Waals surface area contributed by atoms with Crippen molar-refractivity contribution in [2.75, 3.05) is 13.2 Å². The summed E-state index contributed by atoms with van der Waals surface area (Å²) in [6.45, 7) is 6.37. The Hall–Kier alpha value is -4.19.